The monoisotopic (exact) mass is 994 g/mol. The van der Waals surface area contributed by atoms with Gasteiger partial charge in [0.1, 0.15) is 28.6 Å². The average molecular weight is 995 g/mol. The second-order valence-corrected chi connectivity index (χ2v) is 23.5. The molecule has 10 rings (SSSR count). The van der Waals surface area contributed by atoms with Crippen LogP contribution in [-0.2, 0) is 14.8 Å². The second-order valence-electron chi connectivity index (χ2n) is 20.5. The third-order valence-corrected chi connectivity index (χ3v) is 18.1. The number of aromatic amines is 1. The molecule has 3 aromatic carbocycles. The number of amides is 1. The van der Waals surface area contributed by atoms with E-state index in [-0.39, 0.29) is 56.9 Å². The van der Waals surface area contributed by atoms with Crippen molar-refractivity contribution in [1.82, 2.24) is 19.6 Å². The highest BCUT2D eigenvalue weighted by Crippen LogP contribution is 2.54. The molecule has 18 heteroatoms. The molecule has 2 saturated carbocycles. The van der Waals surface area contributed by atoms with Crippen molar-refractivity contribution in [2.45, 2.75) is 117 Å². The van der Waals surface area contributed by atoms with E-state index in [2.05, 4.69) is 62.6 Å². The summed E-state index contributed by atoms with van der Waals surface area (Å²) in [5, 5.41) is 23.5. The molecule has 372 valence electrons. The fourth-order valence-electron chi connectivity index (χ4n) is 11.5. The highest BCUT2D eigenvalue weighted by atomic mass is 32.2. The van der Waals surface area contributed by atoms with Crippen molar-refractivity contribution in [3.8, 4) is 23.1 Å². The van der Waals surface area contributed by atoms with Crippen molar-refractivity contribution in [3.63, 3.8) is 0 Å². The van der Waals surface area contributed by atoms with Crippen molar-refractivity contribution in [1.29, 1.82) is 0 Å². The first-order valence-electron chi connectivity index (χ1n) is 24.5. The van der Waals surface area contributed by atoms with E-state index in [9.17, 15) is 28.4 Å². The number of methoxy groups -OCH3 is 1. The van der Waals surface area contributed by atoms with E-state index in [4.69, 9.17) is 18.9 Å². The number of nitrogens with zero attached hydrogens (tertiary/aromatic N) is 4. The van der Waals surface area contributed by atoms with Crippen LogP contribution in [0.2, 0.25) is 0 Å². The lowest BCUT2D eigenvalue weighted by Gasteiger charge is -2.57. The SMILES string of the molecule is COc1nc2[nH]ccc2cc1Oc1cc(N2CCC3(CC2)CC(N2CCOC[C@@H]2c2ccccc2C(C)C)C3)ccc1C(=O)NS(=O)(=O)c1cc2c(c([N+](=O)[O-])c1)S[C@@H](C[C@H]1CC[C@](C)(O)CC1)CO2. The van der Waals surface area contributed by atoms with Gasteiger partial charge in [0.15, 0.2) is 5.75 Å². The molecule has 1 spiro atoms. The van der Waals surface area contributed by atoms with Gasteiger partial charge in [-0.3, -0.25) is 19.8 Å². The number of carbonyl (C=O) groups is 1. The quantitative estimate of drug-likeness (QED) is 0.0744. The number of hydrogen-bond acceptors (Lipinski definition) is 14. The molecular weight excluding hydrogens is 933 g/mol. The van der Waals surface area contributed by atoms with Crippen LogP contribution in [-0.4, -0.2) is 103 Å². The number of thioether (sulfide) groups is 1. The molecule has 5 heterocycles. The number of benzene rings is 3. The Hall–Kier alpha value is -5.40. The van der Waals surface area contributed by atoms with Crippen LogP contribution >= 0.6 is 11.8 Å². The number of rotatable bonds is 13. The van der Waals surface area contributed by atoms with Crippen molar-refractivity contribution in [2.75, 3.05) is 51.5 Å². The predicted molar refractivity (Wildman–Crippen MR) is 267 cm³/mol. The number of morpholine rings is 1. The summed E-state index contributed by atoms with van der Waals surface area (Å²) in [4.78, 5) is 38.4. The molecule has 1 amide bonds. The molecule has 4 fully saturated rings. The minimum absolute atomic E-state index is 0.0707. The summed E-state index contributed by atoms with van der Waals surface area (Å²) in [6, 6.07) is 20.4. The topological polar surface area (TPSA) is 199 Å². The van der Waals surface area contributed by atoms with E-state index in [1.54, 1.807) is 30.5 Å². The zero-order chi connectivity index (χ0) is 49.0. The molecule has 2 saturated heterocycles. The van der Waals surface area contributed by atoms with E-state index in [0.717, 1.165) is 88.3 Å². The number of nitro benzene ring substituents is 1. The summed E-state index contributed by atoms with van der Waals surface area (Å²) in [7, 11) is -3.22. The Morgan fingerprint density at radius 3 is 2.54 bits per heavy atom. The van der Waals surface area contributed by atoms with E-state index in [1.165, 1.54) is 36.1 Å². The molecular formula is C52H62N6O10S2. The number of aliphatic hydroxyl groups is 1. The molecule has 2 aromatic heterocycles. The van der Waals surface area contributed by atoms with Crippen molar-refractivity contribution in [2.24, 2.45) is 11.3 Å². The number of nitro groups is 1. The van der Waals surface area contributed by atoms with Gasteiger partial charge in [-0.2, -0.15) is 4.98 Å². The summed E-state index contributed by atoms with van der Waals surface area (Å²) in [6.07, 6.45) is 9.83. The summed E-state index contributed by atoms with van der Waals surface area (Å²) >= 11 is 1.31. The minimum atomic E-state index is -4.68. The lowest BCUT2D eigenvalue weighted by Crippen LogP contribution is -2.58. The highest BCUT2D eigenvalue weighted by molar-refractivity contribution is 8.00. The number of ether oxygens (including phenoxy) is 4. The smallest absolute Gasteiger partial charge is 0.288 e. The fraction of sp³-hybridized carbons (Fsp3) is 0.500. The third-order valence-electron chi connectivity index (χ3n) is 15.5. The zero-order valence-corrected chi connectivity index (χ0v) is 41.8. The van der Waals surface area contributed by atoms with E-state index >= 15 is 0 Å². The van der Waals surface area contributed by atoms with Gasteiger partial charge in [0, 0.05) is 66.4 Å². The molecule has 0 unspecified atom stereocenters. The number of nitrogens with one attached hydrogen (secondary N) is 2. The van der Waals surface area contributed by atoms with Gasteiger partial charge in [-0.1, -0.05) is 38.1 Å². The van der Waals surface area contributed by atoms with E-state index in [1.807, 2.05) is 13.0 Å². The molecule has 70 heavy (non-hydrogen) atoms. The molecule has 0 radical (unpaired) electrons. The number of H-pyrrole nitrogens is 1. The summed E-state index contributed by atoms with van der Waals surface area (Å²) in [5.74, 6) is 0.294. The van der Waals surface area contributed by atoms with Gasteiger partial charge in [0.2, 0.25) is 0 Å². The van der Waals surface area contributed by atoms with Gasteiger partial charge in [0.25, 0.3) is 27.5 Å². The Morgan fingerprint density at radius 2 is 1.80 bits per heavy atom. The first kappa shape index (κ1) is 48.2. The number of sulfonamides is 1. The van der Waals surface area contributed by atoms with Crippen LogP contribution in [0.1, 0.15) is 112 Å². The molecule has 5 aliphatic rings. The van der Waals surface area contributed by atoms with E-state index in [0.29, 0.717) is 43.0 Å². The van der Waals surface area contributed by atoms with Gasteiger partial charge in [0.05, 0.1) is 47.3 Å². The van der Waals surface area contributed by atoms with Crippen LogP contribution in [0, 0.1) is 21.4 Å². The predicted octanol–water partition coefficient (Wildman–Crippen LogP) is 9.52. The van der Waals surface area contributed by atoms with Gasteiger partial charge in [-0.05, 0) is 117 Å². The summed E-state index contributed by atoms with van der Waals surface area (Å²) < 4.78 is 54.5. The van der Waals surface area contributed by atoms with Crippen LogP contribution < -0.4 is 23.8 Å². The number of aromatic nitrogens is 2. The number of piperidine rings is 1. The van der Waals surface area contributed by atoms with Gasteiger partial charge >= 0.3 is 0 Å². The van der Waals surface area contributed by atoms with Gasteiger partial charge in [-0.25, -0.2) is 13.1 Å². The number of pyridine rings is 1. The summed E-state index contributed by atoms with van der Waals surface area (Å²) in [6.45, 7) is 10.5. The number of hydrogen-bond donors (Lipinski definition) is 3. The fourth-order valence-corrected chi connectivity index (χ4v) is 13.8. The minimum Gasteiger partial charge on any atom is -0.491 e. The highest BCUT2D eigenvalue weighted by Gasteiger charge is 2.50. The van der Waals surface area contributed by atoms with Crippen LogP contribution in [0.5, 0.6) is 23.1 Å². The average Bonchev–Trinajstić information content (AvgIpc) is 3.80. The number of carbonyl (C=O) groups excluding carboxylic acids is 1. The van der Waals surface area contributed by atoms with Crippen LogP contribution in [0.3, 0.4) is 0 Å². The van der Waals surface area contributed by atoms with Crippen LogP contribution in [0.15, 0.2) is 82.7 Å². The Balaban J connectivity index is 0.866. The van der Waals surface area contributed by atoms with Gasteiger partial charge in [-0.15, -0.1) is 11.8 Å². The molecule has 2 atom stereocenters. The van der Waals surface area contributed by atoms with E-state index < -0.39 is 37.0 Å². The van der Waals surface area contributed by atoms with Gasteiger partial charge < -0.3 is 33.9 Å². The number of anilines is 1. The first-order chi connectivity index (χ1) is 33.6. The normalized spacial score (nSPS) is 23.9. The molecule has 2 aliphatic carbocycles. The van der Waals surface area contributed by atoms with Crippen LogP contribution in [0.25, 0.3) is 11.0 Å². The number of fused-ring (bicyclic) bond motifs is 2. The maximum absolute atomic E-state index is 14.3. The van der Waals surface area contributed by atoms with Crippen molar-refractivity contribution >= 4 is 50.1 Å². The lowest BCUT2D eigenvalue weighted by molar-refractivity contribution is -0.388. The Morgan fingerprint density at radius 1 is 1.03 bits per heavy atom. The zero-order valence-electron chi connectivity index (χ0n) is 40.1. The van der Waals surface area contributed by atoms with Crippen LogP contribution in [0.4, 0.5) is 11.4 Å². The molecule has 0 bridgehead atoms. The Bertz CT molecular complexity index is 2880. The largest absolute Gasteiger partial charge is 0.491 e. The lowest BCUT2D eigenvalue weighted by atomic mass is 9.59. The molecule has 3 N–H and O–H groups in total. The standard InChI is InChI=1S/C52H62N6O10S2/c1-32(2)39-7-5-6-8-40(39)43-31-66-22-21-57(43)36-28-52(29-36)16-19-56(20-17-52)35-9-10-41(44(25-35)68-46-24-34-13-18-53-48(34)54-50(46)65-4)49(59)55-70(63,64)38-26-42(58(61)62)47-45(27-38)67-30-37(69-47)23-33-11-14-51(3,60)15-12-33/h5-10,13,18,24-27,32-33,36-37,43,60H,11-12,14-17,19-23,28-31H2,1-4H3,(H,53,54)(H,55,59)/t33-,37-,43+,51-/m0/s1. The van der Waals surface area contributed by atoms with Crippen molar-refractivity contribution in [3.05, 3.63) is 99.7 Å². The third kappa shape index (κ3) is 9.81. The molecule has 3 aliphatic heterocycles. The molecule has 16 nitrogen and oxygen atoms in total. The summed E-state index contributed by atoms with van der Waals surface area (Å²) in [5.41, 5.74) is 3.19. The maximum Gasteiger partial charge on any atom is 0.288 e. The Kier molecular flexibility index (Phi) is 13.3. The first-order valence-corrected chi connectivity index (χ1v) is 26.9. The molecule has 5 aromatic rings. The maximum atomic E-state index is 14.3. The Labute approximate surface area is 413 Å². The second kappa shape index (κ2) is 19.3. The van der Waals surface area contributed by atoms with Crippen molar-refractivity contribution < 1.29 is 42.2 Å².